The normalized spacial score (nSPS) is 21.9. The first-order chi connectivity index (χ1) is 12.0. The largest absolute Gasteiger partial charge is 0.371 e. The highest BCUT2D eigenvalue weighted by Crippen LogP contribution is 2.36. The number of hydrogen-bond acceptors (Lipinski definition) is 5. The summed E-state index contributed by atoms with van der Waals surface area (Å²) in [4.78, 5) is 33.8. The van der Waals surface area contributed by atoms with Crippen LogP contribution in [0.25, 0.3) is 0 Å². The van der Waals surface area contributed by atoms with Crippen molar-refractivity contribution in [3.8, 4) is 0 Å². The minimum absolute atomic E-state index is 0.155. The molecule has 0 aromatic carbocycles. The quantitative estimate of drug-likeness (QED) is 0.868. The molecule has 2 fully saturated rings. The molecule has 3 rings (SSSR count). The van der Waals surface area contributed by atoms with Gasteiger partial charge in [-0.1, -0.05) is 13.8 Å². The minimum atomic E-state index is -0.206. The predicted molar refractivity (Wildman–Crippen MR) is 91.8 cm³/mol. The van der Waals surface area contributed by atoms with Crippen LogP contribution < -0.4 is 5.32 Å². The zero-order valence-corrected chi connectivity index (χ0v) is 14.9. The molecule has 1 atom stereocenters. The Hall–Kier alpha value is -2.02. The molecule has 1 aromatic rings. The Bertz CT molecular complexity index is 604. The average Bonchev–Trinajstić information content (AvgIpc) is 2.58. The maximum absolute atomic E-state index is 12.1. The molecule has 7 nitrogen and oxygen atoms in total. The van der Waals surface area contributed by atoms with E-state index in [1.165, 1.54) is 12.4 Å². The number of ether oxygens (including phenoxy) is 1. The van der Waals surface area contributed by atoms with Gasteiger partial charge in [-0.3, -0.25) is 14.6 Å². The first-order valence-corrected chi connectivity index (χ1v) is 8.93. The summed E-state index contributed by atoms with van der Waals surface area (Å²) in [5, 5.41) is 2.89. The molecular weight excluding hydrogens is 320 g/mol. The number of hydrogen-bond donors (Lipinski definition) is 1. The van der Waals surface area contributed by atoms with Crippen LogP contribution in [0.5, 0.6) is 0 Å². The van der Waals surface area contributed by atoms with Gasteiger partial charge in [0.05, 0.1) is 25.9 Å². The van der Waals surface area contributed by atoms with Crippen LogP contribution in [0.3, 0.4) is 0 Å². The van der Waals surface area contributed by atoms with E-state index in [1.54, 1.807) is 6.20 Å². The van der Waals surface area contributed by atoms with Gasteiger partial charge in [0, 0.05) is 25.4 Å². The molecule has 25 heavy (non-hydrogen) atoms. The maximum atomic E-state index is 12.1. The van der Waals surface area contributed by atoms with E-state index in [1.807, 2.05) is 4.90 Å². The second-order valence-electron chi connectivity index (χ2n) is 7.55. The molecular formula is C18H26N4O3. The van der Waals surface area contributed by atoms with Crippen LogP contribution in [0.1, 0.15) is 43.6 Å². The Morgan fingerprint density at radius 2 is 2.20 bits per heavy atom. The third-order valence-electron chi connectivity index (χ3n) is 4.87. The summed E-state index contributed by atoms with van der Waals surface area (Å²) in [6.07, 6.45) is 7.04. The van der Waals surface area contributed by atoms with E-state index >= 15 is 0 Å². The number of carbonyl (C=O) groups is 2. The molecule has 0 radical (unpaired) electrons. The fourth-order valence-corrected chi connectivity index (χ4v) is 3.38. The van der Waals surface area contributed by atoms with Crippen molar-refractivity contribution in [1.29, 1.82) is 0 Å². The molecule has 1 aromatic heterocycles. The van der Waals surface area contributed by atoms with E-state index in [0.717, 1.165) is 12.8 Å². The van der Waals surface area contributed by atoms with Crippen LogP contribution >= 0.6 is 0 Å². The molecule has 2 aliphatic rings. The van der Waals surface area contributed by atoms with E-state index in [2.05, 4.69) is 29.1 Å². The number of rotatable bonds is 5. The van der Waals surface area contributed by atoms with Gasteiger partial charge in [0.15, 0.2) is 0 Å². The fourth-order valence-electron chi connectivity index (χ4n) is 3.38. The number of amides is 2. The lowest BCUT2D eigenvalue weighted by Gasteiger charge is -2.53. The number of likely N-dealkylation sites (tertiary alicyclic amines) is 1. The lowest BCUT2D eigenvalue weighted by Crippen LogP contribution is -2.66. The summed E-state index contributed by atoms with van der Waals surface area (Å²) < 4.78 is 6.06. The number of carbonyl (C=O) groups excluding carboxylic acids is 2. The average molecular weight is 346 g/mol. The Balaban J connectivity index is 1.38. The summed E-state index contributed by atoms with van der Waals surface area (Å²) in [5.41, 5.74) is 0.173. The van der Waals surface area contributed by atoms with E-state index in [9.17, 15) is 9.59 Å². The van der Waals surface area contributed by atoms with Crippen LogP contribution in [0.2, 0.25) is 0 Å². The van der Waals surface area contributed by atoms with Gasteiger partial charge in [-0.05, 0) is 24.7 Å². The summed E-state index contributed by atoms with van der Waals surface area (Å²) >= 11 is 0. The SMILES string of the molecule is CC(C)CC(=O)N1CC2(CC[C@H](CNC(=O)c3cnccn3)CO2)C1. The first-order valence-electron chi connectivity index (χ1n) is 8.93. The zero-order chi connectivity index (χ0) is 17.9. The molecule has 0 bridgehead atoms. The van der Waals surface area contributed by atoms with Crippen molar-refractivity contribution in [1.82, 2.24) is 20.2 Å². The third kappa shape index (κ3) is 4.34. The second-order valence-corrected chi connectivity index (χ2v) is 7.55. The van der Waals surface area contributed by atoms with Gasteiger partial charge < -0.3 is 15.0 Å². The first kappa shape index (κ1) is 17.8. The van der Waals surface area contributed by atoms with Gasteiger partial charge in [0.2, 0.25) is 5.91 Å². The van der Waals surface area contributed by atoms with E-state index in [4.69, 9.17) is 4.74 Å². The van der Waals surface area contributed by atoms with Crippen LogP contribution in [0.4, 0.5) is 0 Å². The second kappa shape index (κ2) is 7.47. The lowest BCUT2D eigenvalue weighted by atomic mass is 9.82. The minimum Gasteiger partial charge on any atom is -0.371 e. The summed E-state index contributed by atoms with van der Waals surface area (Å²) in [5.74, 6) is 0.704. The van der Waals surface area contributed by atoms with Crippen molar-refractivity contribution in [2.24, 2.45) is 11.8 Å². The van der Waals surface area contributed by atoms with Gasteiger partial charge in [0.1, 0.15) is 11.3 Å². The number of aromatic nitrogens is 2. The molecule has 3 heterocycles. The lowest BCUT2D eigenvalue weighted by molar-refractivity contribution is -0.188. The highest BCUT2D eigenvalue weighted by atomic mass is 16.5. The third-order valence-corrected chi connectivity index (χ3v) is 4.87. The van der Waals surface area contributed by atoms with Gasteiger partial charge in [-0.25, -0.2) is 4.98 Å². The molecule has 136 valence electrons. The monoisotopic (exact) mass is 346 g/mol. The van der Waals surface area contributed by atoms with E-state index in [0.29, 0.717) is 50.2 Å². The highest BCUT2D eigenvalue weighted by Gasteiger charge is 2.48. The Kier molecular flexibility index (Phi) is 5.32. The molecule has 0 unspecified atom stereocenters. The van der Waals surface area contributed by atoms with Crippen molar-refractivity contribution in [3.05, 3.63) is 24.3 Å². The van der Waals surface area contributed by atoms with Crippen molar-refractivity contribution < 1.29 is 14.3 Å². The Morgan fingerprint density at radius 3 is 2.80 bits per heavy atom. The van der Waals surface area contributed by atoms with E-state index < -0.39 is 0 Å². The molecule has 1 spiro atoms. The van der Waals surface area contributed by atoms with Gasteiger partial charge >= 0.3 is 0 Å². The van der Waals surface area contributed by atoms with Crippen molar-refractivity contribution in [2.75, 3.05) is 26.2 Å². The standard InChI is InChI=1S/C18H26N4O3/c1-13(2)7-16(23)22-11-18(12-22)4-3-14(10-25-18)8-21-17(24)15-9-19-5-6-20-15/h5-6,9,13-14H,3-4,7-8,10-12H2,1-2H3,(H,21,24)/t14-/m1/s1. The smallest absolute Gasteiger partial charge is 0.271 e. The van der Waals surface area contributed by atoms with Crippen molar-refractivity contribution in [3.63, 3.8) is 0 Å². The van der Waals surface area contributed by atoms with Gasteiger partial charge in [0.25, 0.3) is 5.91 Å². The molecule has 0 aliphatic carbocycles. The Morgan fingerprint density at radius 1 is 1.40 bits per heavy atom. The van der Waals surface area contributed by atoms with Crippen LogP contribution in [0, 0.1) is 11.8 Å². The molecule has 1 N–H and O–H groups in total. The van der Waals surface area contributed by atoms with Crippen LogP contribution in [0.15, 0.2) is 18.6 Å². The van der Waals surface area contributed by atoms with E-state index in [-0.39, 0.29) is 17.4 Å². The highest BCUT2D eigenvalue weighted by molar-refractivity contribution is 5.91. The zero-order valence-electron chi connectivity index (χ0n) is 14.9. The molecule has 2 aliphatic heterocycles. The number of nitrogens with one attached hydrogen (secondary N) is 1. The van der Waals surface area contributed by atoms with Crippen molar-refractivity contribution in [2.45, 2.75) is 38.7 Å². The maximum Gasteiger partial charge on any atom is 0.271 e. The molecule has 7 heteroatoms. The summed E-state index contributed by atoms with van der Waals surface area (Å²) in [6.45, 7) is 6.72. The van der Waals surface area contributed by atoms with Gasteiger partial charge in [-0.15, -0.1) is 0 Å². The van der Waals surface area contributed by atoms with Crippen LogP contribution in [-0.2, 0) is 9.53 Å². The predicted octanol–water partition coefficient (Wildman–Crippen LogP) is 1.26. The molecule has 0 saturated carbocycles. The Labute approximate surface area is 148 Å². The molecule has 2 amide bonds. The molecule has 2 saturated heterocycles. The fraction of sp³-hybridized carbons (Fsp3) is 0.667. The summed E-state index contributed by atoms with van der Waals surface area (Å²) in [6, 6.07) is 0. The summed E-state index contributed by atoms with van der Waals surface area (Å²) in [7, 11) is 0. The topological polar surface area (TPSA) is 84.4 Å². The van der Waals surface area contributed by atoms with Gasteiger partial charge in [-0.2, -0.15) is 0 Å². The van der Waals surface area contributed by atoms with Crippen LogP contribution in [-0.4, -0.2) is 58.5 Å². The number of nitrogens with zero attached hydrogens (tertiary/aromatic N) is 3. The van der Waals surface area contributed by atoms with Crippen molar-refractivity contribution >= 4 is 11.8 Å².